The fourth-order valence-corrected chi connectivity index (χ4v) is 7.55. The van der Waals surface area contributed by atoms with Gasteiger partial charge in [-0.25, -0.2) is 9.78 Å². The topological polar surface area (TPSA) is 151 Å². The van der Waals surface area contributed by atoms with E-state index in [2.05, 4.69) is 26.6 Å². The van der Waals surface area contributed by atoms with Crippen molar-refractivity contribution in [2.45, 2.75) is 43.6 Å². The van der Waals surface area contributed by atoms with Crippen molar-refractivity contribution in [1.82, 2.24) is 15.2 Å². The molecule has 11 nitrogen and oxygen atoms in total. The number of carboxylic acids is 1. The van der Waals surface area contributed by atoms with Gasteiger partial charge in [-0.15, -0.1) is 23.1 Å². The van der Waals surface area contributed by atoms with Crippen molar-refractivity contribution in [2.24, 2.45) is 5.16 Å². The van der Waals surface area contributed by atoms with Crippen LogP contribution in [0, 0.1) is 0 Å². The third-order valence-electron chi connectivity index (χ3n) is 6.28. The molecule has 0 saturated carbocycles. The van der Waals surface area contributed by atoms with E-state index < -0.39 is 29.2 Å². The first-order chi connectivity index (χ1) is 17.9. The van der Waals surface area contributed by atoms with Crippen LogP contribution in [0.3, 0.4) is 0 Å². The average molecular weight is 562 g/mol. The lowest BCUT2D eigenvalue weighted by Gasteiger charge is -2.49. The Morgan fingerprint density at radius 2 is 2.19 bits per heavy atom. The zero-order valence-electron chi connectivity index (χ0n) is 19.7. The SMILES string of the molecule is C=CCO/N=C(\C(=O)N[C@@H]1C(=O)N2C(C(=O)O)=C(C[n+]3csc4c3CCCC4)CS[C@@H]12)c1csc(N)n1. The van der Waals surface area contributed by atoms with E-state index in [4.69, 9.17) is 10.6 Å². The molecule has 2 aromatic heterocycles. The number of aryl methyl sites for hydroxylation is 1. The maximum Gasteiger partial charge on any atom is 0.352 e. The molecule has 2 aromatic rings. The Bertz CT molecular complexity index is 1330. The summed E-state index contributed by atoms with van der Waals surface area (Å²) >= 11 is 4.27. The Morgan fingerprint density at radius 1 is 1.38 bits per heavy atom. The standard InChI is InChI=1S/C23H24N6O5S3/c1-2-7-34-27-16(13-10-36-23(24)25-13)19(30)26-17-20(31)29-18(22(32)33)12(9-35-21(17)29)8-28-11-37-15-6-4-3-5-14(15)28/h2,10-11,17,21H,1,3-9H2,(H3-,24,25,26,30,32,33)/p+1/b27-16-/t17-,21+/m1/s1. The Hall–Kier alpha value is -3.23. The van der Waals surface area contributed by atoms with Crippen LogP contribution in [-0.2, 0) is 38.6 Å². The van der Waals surface area contributed by atoms with Crippen LogP contribution in [-0.4, -0.2) is 62.3 Å². The molecule has 1 aliphatic carbocycles. The van der Waals surface area contributed by atoms with Crippen molar-refractivity contribution in [1.29, 1.82) is 0 Å². The highest BCUT2D eigenvalue weighted by Crippen LogP contribution is 2.40. The molecule has 0 spiro atoms. The van der Waals surface area contributed by atoms with Crippen molar-refractivity contribution < 1.29 is 28.9 Å². The highest BCUT2D eigenvalue weighted by Gasteiger charge is 2.55. The molecule has 5 rings (SSSR count). The lowest BCUT2D eigenvalue weighted by Crippen LogP contribution is -2.71. The number of carbonyl (C=O) groups excluding carboxylic acids is 2. The molecule has 4 N–H and O–H groups in total. The van der Waals surface area contributed by atoms with Gasteiger partial charge in [-0.3, -0.25) is 14.5 Å². The lowest BCUT2D eigenvalue weighted by molar-refractivity contribution is -0.692. The second-order valence-electron chi connectivity index (χ2n) is 8.64. The van der Waals surface area contributed by atoms with Crippen LogP contribution in [0.4, 0.5) is 5.13 Å². The van der Waals surface area contributed by atoms with Gasteiger partial charge in [0.2, 0.25) is 5.51 Å². The molecule has 2 amide bonds. The van der Waals surface area contributed by atoms with Crippen LogP contribution in [0.1, 0.15) is 29.1 Å². The smallest absolute Gasteiger partial charge is 0.352 e. The second kappa shape index (κ2) is 10.6. The number of anilines is 1. The highest BCUT2D eigenvalue weighted by molar-refractivity contribution is 8.00. The predicted octanol–water partition coefficient (Wildman–Crippen LogP) is 1.30. The summed E-state index contributed by atoms with van der Waals surface area (Å²) in [5, 5.41) is 17.8. The molecule has 4 heterocycles. The lowest BCUT2D eigenvalue weighted by atomic mass is 10.0. The second-order valence-corrected chi connectivity index (χ2v) is 11.6. The summed E-state index contributed by atoms with van der Waals surface area (Å²) in [5.41, 5.74) is 9.77. The number of fused-ring (bicyclic) bond motifs is 2. The highest BCUT2D eigenvalue weighted by atomic mass is 32.2. The molecule has 37 heavy (non-hydrogen) atoms. The maximum absolute atomic E-state index is 13.1. The molecule has 0 radical (unpaired) electrons. The van der Waals surface area contributed by atoms with Crippen LogP contribution in [0.15, 0.2) is 40.0 Å². The third kappa shape index (κ3) is 4.88. The van der Waals surface area contributed by atoms with Gasteiger partial charge in [0.1, 0.15) is 29.4 Å². The molecule has 2 aliphatic heterocycles. The maximum atomic E-state index is 13.1. The van der Waals surface area contributed by atoms with Crippen molar-refractivity contribution in [2.75, 3.05) is 18.1 Å². The Morgan fingerprint density at radius 3 is 2.92 bits per heavy atom. The van der Waals surface area contributed by atoms with E-state index in [0.717, 1.165) is 30.6 Å². The van der Waals surface area contributed by atoms with Gasteiger partial charge in [-0.2, -0.15) is 4.57 Å². The largest absolute Gasteiger partial charge is 0.477 e. The number of aliphatic carboxylic acids is 1. The zero-order chi connectivity index (χ0) is 26.1. The van der Waals surface area contributed by atoms with Gasteiger partial charge in [0.05, 0.1) is 4.88 Å². The van der Waals surface area contributed by atoms with Gasteiger partial charge in [0.25, 0.3) is 11.8 Å². The predicted molar refractivity (Wildman–Crippen MR) is 140 cm³/mol. The number of carboxylic acid groups (broad SMARTS) is 1. The van der Waals surface area contributed by atoms with Gasteiger partial charge in [0.15, 0.2) is 23.1 Å². The number of aromatic nitrogens is 2. The molecule has 1 fully saturated rings. The van der Waals surface area contributed by atoms with Gasteiger partial charge in [0, 0.05) is 23.1 Å². The monoisotopic (exact) mass is 561 g/mol. The number of nitrogen functional groups attached to an aromatic ring is 1. The number of thiazole rings is 2. The van der Waals surface area contributed by atoms with E-state index in [1.165, 1.54) is 39.7 Å². The third-order valence-corrected chi connectivity index (χ3v) is 9.38. The van der Waals surface area contributed by atoms with Crippen molar-refractivity contribution >= 4 is 63.1 Å². The molecule has 2 atom stereocenters. The van der Waals surface area contributed by atoms with Gasteiger partial charge >= 0.3 is 5.97 Å². The van der Waals surface area contributed by atoms with Crippen LogP contribution in [0.2, 0.25) is 0 Å². The minimum Gasteiger partial charge on any atom is -0.477 e. The summed E-state index contributed by atoms with van der Waals surface area (Å²) in [4.78, 5) is 50.3. The molecule has 1 saturated heterocycles. The number of nitrogens with zero attached hydrogens (tertiary/aromatic N) is 4. The van der Waals surface area contributed by atoms with E-state index in [9.17, 15) is 19.5 Å². The zero-order valence-corrected chi connectivity index (χ0v) is 22.2. The Balaban J connectivity index is 1.34. The number of hydrogen-bond donors (Lipinski definition) is 3. The molecular weight excluding hydrogens is 536 g/mol. The number of hydrogen-bond acceptors (Lipinski definition) is 10. The summed E-state index contributed by atoms with van der Waals surface area (Å²) < 4.78 is 2.12. The number of amides is 2. The molecule has 3 aliphatic rings. The molecule has 194 valence electrons. The summed E-state index contributed by atoms with van der Waals surface area (Å²) in [7, 11) is 0. The Labute approximate surface area is 224 Å². The normalized spacial score (nSPS) is 21.1. The summed E-state index contributed by atoms with van der Waals surface area (Å²) in [6, 6.07) is -0.907. The molecule has 0 unspecified atom stereocenters. The first-order valence-electron chi connectivity index (χ1n) is 11.6. The Kier molecular flexibility index (Phi) is 7.31. The number of nitrogens with two attached hydrogens (primary N) is 1. The van der Waals surface area contributed by atoms with Crippen LogP contribution in [0.25, 0.3) is 0 Å². The summed E-state index contributed by atoms with van der Waals surface area (Å²) in [5.74, 6) is -1.87. The van der Waals surface area contributed by atoms with E-state index in [1.807, 2.05) is 5.51 Å². The van der Waals surface area contributed by atoms with Crippen LogP contribution >= 0.6 is 34.4 Å². The van der Waals surface area contributed by atoms with Crippen molar-refractivity contribution in [3.63, 3.8) is 0 Å². The first-order valence-corrected chi connectivity index (χ1v) is 14.4. The molecular formula is C23H25N6O5S3+. The number of carbonyl (C=O) groups is 3. The van der Waals surface area contributed by atoms with E-state index >= 15 is 0 Å². The summed E-state index contributed by atoms with van der Waals surface area (Å²) in [6.07, 6.45) is 5.80. The molecule has 14 heteroatoms. The van der Waals surface area contributed by atoms with Gasteiger partial charge < -0.3 is 21.0 Å². The van der Waals surface area contributed by atoms with Crippen molar-refractivity contribution in [3.05, 3.63) is 51.1 Å². The van der Waals surface area contributed by atoms with Gasteiger partial charge in [-0.1, -0.05) is 29.1 Å². The summed E-state index contributed by atoms with van der Waals surface area (Å²) in [6.45, 7) is 4.04. The number of oxime groups is 1. The fraction of sp³-hybridized carbons (Fsp3) is 0.391. The van der Waals surface area contributed by atoms with Crippen LogP contribution < -0.4 is 15.6 Å². The van der Waals surface area contributed by atoms with Crippen LogP contribution in [0.5, 0.6) is 0 Å². The van der Waals surface area contributed by atoms with E-state index in [-0.39, 0.29) is 28.8 Å². The average Bonchev–Trinajstić information content (AvgIpc) is 3.50. The molecule has 0 bridgehead atoms. The van der Waals surface area contributed by atoms with E-state index in [0.29, 0.717) is 17.9 Å². The number of nitrogens with one attached hydrogen (secondary N) is 1. The number of rotatable bonds is 9. The fourth-order valence-electron chi connectivity index (χ4n) is 4.59. The van der Waals surface area contributed by atoms with E-state index in [1.54, 1.807) is 16.7 Å². The van der Waals surface area contributed by atoms with Gasteiger partial charge in [-0.05, 0) is 19.3 Å². The first kappa shape index (κ1) is 25.4. The minimum absolute atomic E-state index is 0.00186. The minimum atomic E-state index is -1.15. The molecule has 0 aromatic carbocycles. The van der Waals surface area contributed by atoms with Crippen molar-refractivity contribution in [3.8, 4) is 0 Å². The quantitative estimate of drug-likeness (QED) is 0.104. The number of β-lactam (4-membered cyclic amide) rings is 1. The number of thioether (sulfide) groups is 1.